The molecule has 4 aliphatic rings. The zero-order chi connectivity index (χ0) is 27.8. The van der Waals surface area contributed by atoms with Gasteiger partial charge in [-0.2, -0.15) is 5.10 Å². The van der Waals surface area contributed by atoms with Crippen molar-refractivity contribution < 1.29 is 14.3 Å². The van der Waals surface area contributed by atoms with Crippen LogP contribution in [0.2, 0.25) is 15.1 Å². The van der Waals surface area contributed by atoms with Gasteiger partial charge in [0, 0.05) is 27.7 Å². The Morgan fingerprint density at radius 1 is 0.925 bits per heavy atom. The Bertz CT molecular complexity index is 1350. The summed E-state index contributed by atoms with van der Waals surface area (Å²) in [6.45, 7) is 3.80. The van der Waals surface area contributed by atoms with Gasteiger partial charge in [-0.3, -0.25) is 4.79 Å². The number of hydrogen-bond acceptors (Lipinski definition) is 4. The molecule has 4 fully saturated rings. The highest BCUT2D eigenvalue weighted by Gasteiger charge is 2.48. The summed E-state index contributed by atoms with van der Waals surface area (Å²) < 4.78 is 13.8. The molecule has 4 aliphatic carbocycles. The maximum atomic E-state index is 13.2. The first-order valence-corrected chi connectivity index (χ1v) is 15.3. The minimum absolute atomic E-state index is 0.273. The molecular weight excluding hydrogens is 569 g/mol. The van der Waals surface area contributed by atoms with Crippen LogP contribution in [-0.4, -0.2) is 48.2 Å². The fraction of sp³-hybridized carbons (Fsp3) is 0.484. The zero-order valence-corrected chi connectivity index (χ0v) is 24.8. The van der Waals surface area contributed by atoms with Gasteiger partial charge in [-0.15, -0.1) is 0 Å². The number of hydrogen-bond donors (Lipinski definition) is 1. The van der Waals surface area contributed by atoms with E-state index in [-0.39, 0.29) is 5.91 Å². The van der Waals surface area contributed by atoms with Crippen LogP contribution in [0.15, 0.2) is 42.5 Å². The van der Waals surface area contributed by atoms with Gasteiger partial charge in [0.2, 0.25) is 0 Å². The molecule has 0 spiro atoms. The highest BCUT2D eigenvalue weighted by Crippen LogP contribution is 2.54. The molecule has 0 radical (unpaired) electrons. The predicted molar refractivity (Wildman–Crippen MR) is 159 cm³/mol. The summed E-state index contributed by atoms with van der Waals surface area (Å²) in [5.74, 6) is 3.12. The Morgan fingerprint density at radius 2 is 1.60 bits per heavy atom. The SMILES string of the molecule is Cc1c(C(=O)NCCOCCOC2C3CC4CC(C3)CC2C4)nn(-c2ccc(Cl)cc2Cl)c1-c1ccc(Cl)cc1. The second-order valence-corrected chi connectivity index (χ2v) is 12.8. The lowest BCUT2D eigenvalue weighted by molar-refractivity contribution is -0.133. The van der Waals surface area contributed by atoms with Gasteiger partial charge in [0.25, 0.3) is 5.91 Å². The first kappa shape index (κ1) is 28.0. The number of amides is 1. The molecule has 0 unspecified atom stereocenters. The second kappa shape index (κ2) is 12.0. The third kappa shape index (κ3) is 5.79. The average molecular weight is 603 g/mol. The van der Waals surface area contributed by atoms with Crippen LogP contribution in [0, 0.1) is 30.6 Å². The number of halogens is 3. The van der Waals surface area contributed by atoms with E-state index in [0.717, 1.165) is 40.5 Å². The summed E-state index contributed by atoms with van der Waals surface area (Å²) in [6, 6.07) is 12.6. The zero-order valence-electron chi connectivity index (χ0n) is 22.5. The van der Waals surface area contributed by atoms with Gasteiger partial charge in [-0.25, -0.2) is 4.68 Å². The highest BCUT2D eigenvalue weighted by atomic mass is 35.5. The standard InChI is InChI=1S/C31H34Cl3N3O3/c1-18-28(36-37(27-7-6-25(33)17-26(27)34)29(18)21-2-4-24(32)5-3-21)31(38)35-8-9-39-10-11-40-30-22-13-19-12-20(15-22)16-23(30)14-19/h2-7,17,19-20,22-23,30H,8-16H2,1H3,(H,35,38). The molecule has 0 atom stereocenters. The van der Waals surface area contributed by atoms with Crippen LogP contribution in [0.4, 0.5) is 0 Å². The molecule has 7 rings (SSSR count). The molecule has 1 aromatic heterocycles. The van der Waals surface area contributed by atoms with E-state index < -0.39 is 0 Å². The Labute approximate surface area is 250 Å². The summed E-state index contributed by atoms with van der Waals surface area (Å²) in [6.07, 6.45) is 7.27. The molecule has 3 aromatic rings. The largest absolute Gasteiger partial charge is 0.377 e. The summed E-state index contributed by atoms with van der Waals surface area (Å²) in [4.78, 5) is 13.2. The summed E-state index contributed by atoms with van der Waals surface area (Å²) in [7, 11) is 0. The van der Waals surface area contributed by atoms with Crippen molar-refractivity contribution in [2.45, 2.75) is 45.1 Å². The van der Waals surface area contributed by atoms with Crippen LogP contribution < -0.4 is 5.32 Å². The van der Waals surface area contributed by atoms with Gasteiger partial charge in [0.1, 0.15) is 0 Å². The molecule has 2 aromatic carbocycles. The normalized spacial score (nSPS) is 24.9. The van der Waals surface area contributed by atoms with Crippen molar-refractivity contribution in [1.82, 2.24) is 15.1 Å². The minimum Gasteiger partial charge on any atom is -0.377 e. The molecule has 1 amide bonds. The third-order valence-electron chi connectivity index (χ3n) is 8.80. The van der Waals surface area contributed by atoms with Gasteiger partial charge in [-0.1, -0.05) is 46.9 Å². The monoisotopic (exact) mass is 601 g/mol. The maximum absolute atomic E-state index is 13.2. The van der Waals surface area contributed by atoms with Crippen molar-refractivity contribution in [3.63, 3.8) is 0 Å². The number of rotatable bonds is 10. The number of nitrogens with zero attached hydrogens (tertiary/aromatic N) is 2. The van der Waals surface area contributed by atoms with Crippen molar-refractivity contribution >= 4 is 40.7 Å². The van der Waals surface area contributed by atoms with Crippen LogP contribution in [0.1, 0.15) is 48.2 Å². The van der Waals surface area contributed by atoms with E-state index in [1.54, 1.807) is 35.0 Å². The number of carbonyl (C=O) groups is 1. The topological polar surface area (TPSA) is 65.4 Å². The molecule has 212 valence electrons. The first-order valence-electron chi connectivity index (χ1n) is 14.2. The van der Waals surface area contributed by atoms with Crippen LogP contribution in [0.3, 0.4) is 0 Å². The van der Waals surface area contributed by atoms with Gasteiger partial charge >= 0.3 is 0 Å². The molecular formula is C31H34Cl3N3O3. The summed E-state index contributed by atoms with van der Waals surface area (Å²) >= 11 is 18.8. The molecule has 0 aliphatic heterocycles. The van der Waals surface area contributed by atoms with E-state index in [0.29, 0.717) is 58.9 Å². The summed E-state index contributed by atoms with van der Waals surface area (Å²) in [5.41, 5.74) is 3.30. The van der Waals surface area contributed by atoms with Crippen molar-refractivity contribution in [1.29, 1.82) is 0 Å². The van der Waals surface area contributed by atoms with Crippen molar-refractivity contribution in [2.75, 3.05) is 26.4 Å². The Morgan fingerprint density at radius 3 is 2.27 bits per heavy atom. The second-order valence-electron chi connectivity index (χ2n) is 11.5. The van der Waals surface area contributed by atoms with E-state index in [9.17, 15) is 4.79 Å². The quantitative estimate of drug-likeness (QED) is 0.246. The molecule has 1 heterocycles. The Balaban J connectivity index is 1.05. The van der Waals surface area contributed by atoms with E-state index in [1.165, 1.54) is 32.1 Å². The number of carbonyl (C=O) groups excluding carboxylic acids is 1. The van der Waals surface area contributed by atoms with E-state index in [1.807, 2.05) is 19.1 Å². The number of benzene rings is 2. The number of ether oxygens (including phenoxy) is 2. The van der Waals surface area contributed by atoms with Crippen LogP contribution in [0.25, 0.3) is 16.9 Å². The van der Waals surface area contributed by atoms with Gasteiger partial charge in [-0.05, 0) is 93.0 Å². The van der Waals surface area contributed by atoms with Gasteiger partial charge in [0.15, 0.2) is 5.69 Å². The minimum atomic E-state index is -0.273. The summed E-state index contributed by atoms with van der Waals surface area (Å²) in [5, 5.41) is 9.19. The number of nitrogens with one attached hydrogen (secondary N) is 1. The van der Waals surface area contributed by atoms with E-state index >= 15 is 0 Å². The fourth-order valence-electron chi connectivity index (χ4n) is 7.30. The first-order chi connectivity index (χ1) is 19.4. The number of aromatic nitrogens is 2. The molecule has 4 bridgehead atoms. The van der Waals surface area contributed by atoms with E-state index in [4.69, 9.17) is 44.3 Å². The highest BCUT2D eigenvalue weighted by molar-refractivity contribution is 6.35. The smallest absolute Gasteiger partial charge is 0.272 e. The molecule has 0 saturated heterocycles. The Hall–Kier alpha value is -2.09. The fourth-order valence-corrected chi connectivity index (χ4v) is 7.91. The van der Waals surface area contributed by atoms with Crippen LogP contribution in [-0.2, 0) is 9.47 Å². The van der Waals surface area contributed by atoms with Gasteiger partial charge in [0.05, 0.1) is 42.3 Å². The lowest BCUT2D eigenvalue weighted by Gasteiger charge is -2.54. The molecule has 1 N–H and O–H groups in total. The molecule has 40 heavy (non-hydrogen) atoms. The lowest BCUT2D eigenvalue weighted by atomic mass is 9.55. The van der Waals surface area contributed by atoms with Crippen molar-refractivity contribution in [3.8, 4) is 16.9 Å². The molecule has 6 nitrogen and oxygen atoms in total. The Kier molecular flexibility index (Phi) is 8.43. The maximum Gasteiger partial charge on any atom is 0.272 e. The predicted octanol–water partition coefficient (Wildman–Crippen LogP) is 7.40. The lowest BCUT2D eigenvalue weighted by Crippen LogP contribution is -2.49. The van der Waals surface area contributed by atoms with Crippen molar-refractivity contribution in [3.05, 3.63) is 68.8 Å². The van der Waals surface area contributed by atoms with Crippen molar-refractivity contribution in [2.24, 2.45) is 23.7 Å². The van der Waals surface area contributed by atoms with E-state index in [2.05, 4.69) is 10.4 Å². The van der Waals surface area contributed by atoms with Gasteiger partial charge < -0.3 is 14.8 Å². The van der Waals surface area contributed by atoms with Crippen LogP contribution >= 0.6 is 34.8 Å². The average Bonchev–Trinajstić information content (AvgIpc) is 3.26. The third-order valence-corrected chi connectivity index (χ3v) is 9.59. The molecule has 4 saturated carbocycles. The van der Waals surface area contributed by atoms with Crippen LogP contribution in [0.5, 0.6) is 0 Å². The molecule has 9 heteroatoms.